The van der Waals surface area contributed by atoms with Crippen LogP contribution >= 0.6 is 0 Å². The van der Waals surface area contributed by atoms with Gasteiger partial charge in [0.2, 0.25) is 0 Å². The lowest BCUT2D eigenvalue weighted by Gasteiger charge is -2.17. The monoisotopic (exact) mass is 570 g/mol. The summed E-state index contributed by atoms with van der Waals surface area (Å²) in [5.74, 6) is -0.0121. The molecule has 1 aliphatic heterocycles. The van der Waals surface area contributed by atoms with Gasteiger partial charge < -0.3 is 30.7 Å². The van der Waals surface area contributed by atoms with Gasteiger partial charge in [-0.1, -0.05) is 30.3 Å². The fourth-order valence-electron chi connectivity index (χ4n) is 4.28. The van der Waals surface area contributed by atoms with Gasteiger partial charge in [0.25, 0.3) is 16.0 Å². The van der Waals surface area contributed by atoms with E-state index in [9.17, 15) is 28.5 Å². The van der Waals surface area contributed by atoms with Gasteiger partial charge in [-0.05, 0) is 29.8 Å². The molecule has 2 aromatic heterocycles. The van der Waals surface area contributed by atoms with E-state index in [1.165, 1.54) is 23.0 Å². The Balaban J connectivity index is 1.43. The summed E-state index contributed by atoms with van der Waals surface area (Å²) >= 11 is 0. The minimum absolute atomic E-state index is 0.129. The predicted octanol–water partition coefficient (Wildman–Crippen LogP) is 0.227. The number of benzene rings is 2. The minimum atomic E-state index is -4.39. The largest absolute Gasteiger partial charge is 0.394 e. The van der Waals surface area contributed by atoms with Crippen LogP contribution in [0.2, 0.25) is 0 Å². The van der Waals surface area contributed by atoms with Crippen molar-refractivity contribution in [3.8, 4) is 0 Å². The van der Waals surface area contributed by atoms with Crippen molar-refractivity contribution >= 4 is 33.0 Å². The molecule has 3 heterocycles. The quantitative estimate of drug-likeness (QED) is 0.149. The van der Waals surface area contributed by atoms with E-state index in [0.717, 1.165) is 17.7 Å². The maximum absolute atomic E-state index is 12.7. The number of carbonyl (C=O) groups excluding carboxylic acids is 1. The van der Waals surface area contributed by atoms with Gasteiger partial charge in [0.05, 0.1) is 24.4 Å². The molecule has 0 spiro atoms. The number of anilines is 1. The standard InChI is InChI=1S/C25H26N6O8S/c32-12-17-20(33)21(34)25(39-17)31-13-28-19-22(26-10-14-4-2-1-3-5-14)29-18(30-23(19)31)11-27-24(35)15-6-8-16(9-7-15)40(36,37)38/h1-9,13,17,20-21,25,32-34H,10-12H2,(H,27,35)(H,26,29,30)(H,36,37,38)/t17-,20-,21-,25-/m1/s1. The maximum Gasteiger partial charge on any atom is 0.294 e. The second kappa shape index (κ2) is 11.2. The van der Waals surface area contributed by atoms with E-state index in [0.29, 0.717) is 17.9 Å². The molecule has 0 radical (unpaired) electrons. The number of aliphatic hydroxyl groups excluding tert-OH is 3. The molecule has 4 atom stereocenters. The van der Waals surface area contributed by atoms with E-state index >= 15 is 0 Å². The summed E-state index contributed by atoms with van der Waals surface area (Å²) in [6.07, 6.45) is -3.39. The van der Waals surface area contributed by atoms with Crippen molar-refractivity contribution in [1.29, 1.82) is 0 Å². The first-order chi connectivity index (χ1) is 19.2. The Kier molecular flexibility index (Phi) is 7.75. The van der Waals surface area contributed by atoms with Crippen LogP contribution in [-0.2, 0) is 27.9 Å². The summed E-state index contributed by atoms with van der Waals surface area (Å²) in [7, 11) is -4.39. The molecule has 0 unspecified atom stereocenters. The van der Waals surface area contributed by atoms with Crippen LogP contribution in [0, 0.1) is 0 Å². The zero-order chi connectivity index (χ0) is 28.4. The van der Waals surface area contributed by atoms with Gasteiger partial charge in [-0.15, -0.1) is 0 Å². The number of nitrogens with one attached hydrogen (secondary N) is 2. The van der Waals surface area contributed by atoms with Crippen molar-refractivity contribution in [3.63, 3.8) is 0 Å². The highest BCUT2D eigenvalue weighted by molar-refractivity contribution is 7.85. The van der Waals surface area contributed by atoms with Gasteiger partial charge in [0, 0.05) is 12.1 Å². The predicted molar refractivity (Wildman–Crippen MR) is 140 cm³/mol. The number of aliphatic hydroxyl groups is 3. The molecule has 1 saturated heterocycles. The van der Waals surface area contributed by atoms with E-state index in [2.05, 4.69) is 25.6 Å². The number of amides is 1. The lowest BCUT2D eigenvalue weighted by atomic mass is 10.1. The van der Waals surface area contributed by atoms with Crippen LogP contribution in [0.4, 0.5) is 5.82 Å². The zero-order valence-electron chi connectivity index (χ0n) is 20.8. The molecule has 6 N–H and O–H groups in total. The molecule has 0 saturated carbocycles. The topological polar surface area (TPSA) is 209 Å². The third-order valence-corrected chi connectivity index (χ3v) is 7.25. The Labute approximate surface area is 228 Å². The Morgan fingerprint density at radius 2 is 1.73 bits per heavy atom. The molecular formula is C25H26N6O8S. The molecule has 1 amide bonds. The van der Waals surface area contributed by atoms with Gasteiger partial charge in [-0.3, -0.25) is 13.9 Å². The third-order valence-electron chi connectivity index (χ3n) is 6.38. The first-order valence-corrected chi connectivity index (χ1v) is 13.6. The Bertz CT molecular complexity index is 1610. The SMILES string of the molecule is O=C(NCc1nc(NCc2ccccc2)c2ncn([C@@H]3O[C@H](CO)[C@@H](O)[C@H]3O)c2n1)c1ccc(S(=O)(=O)O)cc1. The molecule has 2 aromatic carbocycles. The van der Waals surface area contributed by atoms with E-state index < -0.39 is 47.2 Å². The molecule has 0 bridgehead atoms. The van der Waals surface area contributed by atoms with Crippen LogP contribution in [0.25, 0.3) is 11.2 Å². The van der Waals surface area contributed by atoms with E-state index in [1.54, 1.807) is 0 Å². The number of fused-ring (bicyclic) bond motifs is 1. The van der Waals surface area contributed by atoms with Gasteiger partial charge >= 0.3 is 0 Å². The summed E-state index contributed by atoms with van der Waals surface area (Å²) in [4.78, 5) is 25.8. The molecule has 0 aliphatic carbocycles. The third kappa shape index (κ3) is 5.65. The number of nitrogens with zero attached hydrogens (tertiary/aromatic N) is 4. The molecule has 1 fully saturated rings. The zero-order valence-corrected chi connectivity index (χ0v) is 21.6. The number of hydrogen-bond donors (Lipinski definition) is 6. The highest BCUT2D eigenvalue weighted by Gasteiger charge is 2.44. The molecule has 14 nitrogen and oxygen atoms in total. The van der Waals surface area contributed by atoms with Crippen LogP contribution in [-0.4, -0.2) is 78.6 Å². The first kappa shape index (κ1) is 27.6. The lowest BCUT2D eigenvalue weighted by Crippen LogP contribution is -2.33. The molecule has 40 heavy (non-hydrogen) atoms. The Hall–Kier alpha value is -3.99. The van der Waals surface area contributed by atoms with Gasteiger partial charge in [0.1, 0.15) is 18.3 Å². The summed E-state index contributed by atoms with van der Waals surface area (Å²) < 4.78 is 38.7. The fourth-order valence-corrected chi connectivity index (χ4v) is 4.76. The minimum Gasteiger partial charge on any atom is -0.394 e. The molecular weight excluding hydrogens is 544 g/mol. The normalized spacial score (nSPS) is 21.0. The van der Waals surface area contributed by atoms with Gasteiger partial charge in [-0.25, -0.2) is 15.0 Å². The first-order valence-electron chi connectivity index (χ1n) is 12.1. The average molecular weight is 571 g/mol. The van der Waals surface area contributed by atoms with Gasteiger partial charge in [-0.2, -0.15) is 8.42 Å². The molecule has 15 heteroatoms. The average Bonchev–Trinajstić information content (AvgIpc) is 3.50. The van der Waals surface area contributed by atoms with Crippen LogP contribution in [0.15, 0.2) is 65.8 Å². The fraction of sp³-hybridized carbons (Fsp3) is 0.280. The number of rotatable bonds is 9. The van der Waals surface area contributed by atoms with Gasteiger partial charge in [0.15, 0.2) is 29.0 Å². The van der Waals surface area contributed by atoms with Crippen LogP contribution in [0.5, 0.6) is 0 Å². The van der Waals surface area contributed by atoms with Crippen LogP contribution in [0.3, 0.4) is 0 Å². The summed E-state index contributed by atoms with van der Waals surface area (Å²) in [5.41, 5.74) is 1.72. The Morgan fingerprint density at radius 3 is 2.38 bits per heavy atom. The molecule has 5 rings (SSSR count). The van der Waals surface area contributed by atoms with E-state index in [1.807, 2.05) is 30.3 Å². The molecule has 4 aromatic rings. The summed E-state index contributed by atoms with van der Waals surface area (Å²) in [6, 6.07) is 14.3. The van der Waals surface area contributed by atoms with Crippen molar-refractivity contribution in [3.05, 3.63) is 77.9 Å². The number of carbonyl (C=O) groups is 1. The maximum atomic E-state index is 12.7. The van der Waals surface area contributed by atoms with Crippen LogP contribution in [0.1, 0.15) is 28.0 Å². The molecule has 210 valence electrons. The highest BCUT2D eigenvalue weighted by atomic mass is 32.2. The number of hydrogen-bond acceptors (Lipinski definition) is 11. The highest BCUT2D eigenvalue weighted by Crippen LogP contribution is 2.32. The van der Waals surface area contributed by atoms with Crippen LogP contribution < -0.4 is 10.6 Å². The number of imidazole rings is 1. The lowest BCUT2D eigenvalue weighted by molar-refractivity contribution is -0.0511. The van der Waals surface area contributed by atoms with Crippen molar-refractivity contribution in [1.82, 2.24) is 24.8 Å². The Morgan fingerprint density at radius 1 is 1.00 bits per heavy atom. The van der Waals surface area contributed by atoms with Crippen molar-refractivity contribution < 1.29 is 37.8 Å². The van der Waals surface area contributed by atoms with Crippen molar-refractivity contribution in [2.75, 3.05) is 11.9 Å². The number of ether oxygens (including phenoxy) is 1. The second-order valence-electron chi connectivity index (χ2n) is 9.06. The molecule has 1 aliphatic rings. The van der Waals surface area contributed by atoms with E-state index in [4.69, 9.17) is 9.29 Å². The summed E-state index contributed by atoms with van der Waals surface area (Å²) in [5, 5.41) is 36.1. The smallest absolute Gasteiger partial charge is 0.294 e. The van der Waals surface area contributed by atoms with Crippen molar-refractivity contribution in [2.24, 2.45) is 0 Å². The summed E-state index contributed by atoms with van der Waals surface area (Å²) in [6.45, 7) is -0.224. The van der Waals surface area contributed by atoms with Crippen molar-refractivity contribution in [2.45, 2.75) is 42.5 Å². The second-order valence-corrected chi connectivity index (χ2v) is 10.5. The number of aromatic nitrogens is 4. The van der Waals surface area contributed by atoms with E-state index in [-0.39, 0.29) is 28.5 Å².